The Kier molecular flexibility index (Phi) is 4.78. The van der Waals surface area contributed by atoms with E-state index in [0.29, 0.717) is 11.3 Å². The van der Waals surface area contributed by atoms with Gasteiger partial charge in [0.05, 0.1) is 11.2 Å². The van der Waals surface area contributed by atoms with Crippen molar-refractivity contribution >= 4 is 39.1 Å². The van der Waals surface area contributed by atoms with Gasteiger partial charge in [-0.2, -0.15) is 0 Å². The number of benzene rings is 1. The highest BCUT2D eigenvalue weighted by Gasteiger charge is 2.33. The zero-order valence-corrected chi connectivity index (χ0v) is 18.4. The molecule has 0 unspecified atom stereocenters. The van der Waals surface area contributed by atoms with Crippen LogP contribution in [0, 0.1) is 6.57 Å². The normalized spacial score (nSPS) is 18.8. The van der Waals surface area contributed by atoms with Gasteiger partial charge < -0.3 is 19.2 Å². The van der Waals surface area contributed by atoms with Crippen LogP contribution in [0.15, 0.2) is 59.5 Å². The van der Waals surface area contributed by atoms with Crippen molar-refractivity contribution in [2.24, 2.45) is 7.05 Å². The lowest BCUT2D eigenvalue weighted by Crippen LogP contribution is -2.57. The van der Waals surface area contributed by atoms with Crippen molar-refractivity contribution < 1.29 is 0 Å². The summed E-state index contributed by atoms with van der Waals surface area (Å²) in [6.45, 7) is 13.2. The summed E-state index contributed by atoms with van der Waals surface area (Å²) in [4.78, 5) is 30.1. The molecule has 3 aromatic heterocycles. The van der Waals surface area contributed by atoms with Crippen molar-refractivity contribution in [3.05, 3.63) is 76.5 Å². The van der Waals surface area contributed by atoms with Gasteiger partial charge in [0.1, 0.15) is 5.82 Å². The van der Waals surface area contributed by atoms with E-state index in [-0.39, 0.29) is 17.6 Å². The third-order valence-corrected chi connectivity index (χ3v) is 6.39. The van der Waals surface area contributed by atoms with E-state index in [1.54, 1.807) is 23.7 Å². The van der Waals surface area contributed by atoms with Crippen molar-refractivity contribution in [2.75, 3.05) is 22.9 Å². The van der Waals surface area contributed by atoms with Crippen LogP contribution in [0.2, 0.25) is 0 Å². The Bertz CT molecular complexity index is 1430. The Labute approximate surface area is 186 Å². The van der Waals surface area contributed by atoms with Gasteiger partial charge in [-0.1, -0.05) is 30.8 Å². The molecule has 0 aliphatic carbocycles. The lowest BCUT2D eigenvalue weighted by Gasteiger charge is -2.46. The van der Waals surface area contributed by atoms with E-state index in [1.807, 2.05) is 30.5 Å². The minimum absolute atomic E-state index is 0.0807. The first-order chi connectivity index (χ1) is 15.5. The van der Waals surface area contributed by atoms with Crippen molar-refractivity contribution in [2.45, 2.75) is 25.9 Å². The third kappa shape index (κ3) is 3.16. The molecule has 2 atom stereocenters. The predicted molar refractivity (Wildman–Crippen MR) is 129 cm³/mol. The standard InChI is InChI=1S/C25H24N6O/c1-16-15-31(25-19-8-6-5-7-18(19)11-12-27-25)17(2)14-30(16)21-13-23(32)29(4)20-9-10-22(26-3)28-24(20)21/h5-13,16-17H,14-15H2,1-2,4H3/t16-,17+/m0/s1. The van der Waals surface area contributed by atoms with Gasteiger partial charge in [-0.15, -0.1) is 4.98 Å². The number of fused-ring (bicyclic) bond motifs is 2. The molecule has 0 amide bonds. The monoisotopic (exact) mass is 424 g/mol. The van der Waals surface area contributed by atoms with Crippen LogP contribution in [0.4, 0.5) is 17.3 Å². The second-order valence-corrected chi connectivity index (χ2v) is 8.43. The van der Waals surface area contributed by atoms with Gasteiger partial charge in [0.25, 0.3) is 11.4 Å². The second kappa shape index (κ2) is 7.65. The molecular weight excluding hydrogens is 400 g/mol. The van der Waals surface area contributed by atoms with Gasteiger partial charge in [-0.25, -0.2) is 4.98 Å². The van der Waals surface area contributed by atoms with E-state index in [0.717, 1.165) is 35.5 Å². The summed E-state index contributed by atoms with van der Waals surface area (Å²) >= 11 is 0. The maximum atomic E-state index is 12.7. The Morgan fingerprint density at radius 3 is 2.59 bits per heavy atom. The molecule has 1 fully saturated rings. The quantitative estimate of drug-likeness (QED) is 0.453. The molecule has 0 saturated carbocycles. The molecule has 0 N–H and O–H groups in total. The fourth-order valence-electron chi connectivity index (χ4n) is 4.67. The topological polar surface area (TPSA) is 58.6 Å². The molecule has 7 nitrogen and oxygen atoms in total. The third-order valence-electron chi connectivity index (χ3n) is 6.39. The first-order valence-corrected chi connectivity index (χ1v) is 10.7. The Morgan fingerprint density at radius 1 is 1.03 bits per heavy atom. The van der Waals surface area contributed by atoms with E-state index in [9.17, 15) is 4.79 Å². The number of hydrogen-bond donors (Lipinski definition) is 0. The molecule has 0 bridgehead atoms. The zero-order chi connectivity index (χ0) is 22.4. The van der Waals surface area contributed by atoms with Gasteiger partial charge in [0, 0.05) is 49.9 Å². The highest BCUT2D eigenvalue weighted by molar-refractivity contribution is 5.93. The number of pyridine rings is 3. The molecule has 1 aliphatic rings. The summed E-state index contributed by atoms with van der Waals surface area (Å²) in [5.74, 6) is 1.32. The highest BCUT2D eigenvalue weighted by atomic mass is 16.1. The highest BCUT2D eigenvalue weighted by Crippen LogP contribution is 2.33. The van der Waals surface area contributed by atoms with Crippen LogP contribution in [0.25, 0.3) is 26.7 Å². The first kappa shape index (κ1) is 20.0. The number of hydrogen-bond acceptors (Lipinski definition) is 5. The van der Waals surface area contributed by atoms with E-state index >= 15 is 0 Å². The summed E-state index contributed by atoms with van der Waals surface area (Å²) in [6.07, 6.45) is 1.87. The van der Waals surface area contributed by atoms with Crippen LogP contribution in [0.1, 0.15) is 13.8 Å². The van der Waals surface area contributed by atoms with Crippen LogP contribution in [-0.4, -0.2) is 39.7 Å². The molecule has 32 heavy (non-hydrogen) atoms. The number of nitrogens with zero attached hydrogens (tertiary/aromatic N) is 6. The summed E-state index contributed by atoms with van der Waals surface area (Å²) in [5, 5.41) is 2.32. The van der Waals surface area contributed by atoms with Gasteiger partial charge in [-0.05, 0) is 37.4 Å². The average Bonchev–Trinajstić information content (AvgIpc) is 2.82. The summed E-state index contributed by atoms with van der Waals surface area (Å²) in [5.41, 5.74) is 2.13. The smallest absolute Gasteiger partial charge is 0.270 e. The minimum Gasteiger partial charge on any atom is -0.361 e. The van der Waals surface area contributed by atoms with E-state index in [2.05, 4.69) is 45.6 Å². The van der Waals surface area contributed by atoms with Crippen molar-refractivity contribution in [1.29, 1.82) is 0 Å². The molecule has 4 heterocycles. The predicted octanol–water partition coefficient (Wildman–Crippen LogP) is 4.14. The fraction of sp³-hybridized carbons (Fsp3) is 0.280. The van der Waals surface area contributed by atoms with Crippen LogP contribution in [0.3, 0.4) is 0 Å². The molecular formula is C25H24N6O. The Morgan fingerprint density at radius 2 is 1.78 bits per heavy atom. The second-order valence-electron chi connectivity index (χ2n) is 8.43. The first-order valence-electron chi connectivity index (χ1n) is 10.7. The fourth-order valence-corrected chi connectivity index (χ4v) is 4.67. The maximum absolute atomic E-state index is 12.7. The molecule has 7 heteroatoms. The van der Waals surface area contributed by atoms with Gasteiger partial charge in [-0.3, -0.25) is 4.79 Å². The molecule has 0 spiro atoms. The number of piperazine rings is 1. The number of aromatic nitrogens is 3. The lowest BCUT2D eigenvalue weighted by molar-refractivity contribution is 0.479. The molecule has 1 aromatic carbocycles. The minimum atomic E-state index is -0.0807. The molecule has 4 aromatic rings. The lowest BCUT2D eigenvalue weighted by atomic mass is 10.0. The molecule has 160 valence electrons. The SMILES string of the molecule is [C-]#[N+]c1ccc2c(n1)c(N1C[C@@H](C)N(c3nccc4ccccc34)C[C@@H]1C)cc(=O)n2C. The van der Waals surface area contributed by atoms with Crippen molar-refractivity contribution in [1.82, 2.24) is 14.5 Å². The van der Waals surface area contributed by atoms with Crippen molar-refractivity contribution in [3.8, 4) is 0 Å². The zero-order valence-electron chi connectivity index (χ0n) is 18.4. The molecule has 5 rings (SSSR count). The summed E-state index contributed by atoms with van der Waals surface area (Å²) < 4.78 is 1.59. The van der Waals surface area contributed by atoms with E-state index in [1.165, 1.54) is 5.39 Å². The number of aryl methyl sites for hydroxylation is 1. The molecule has 0 radical (unpaired) electrons. The van der Waals surface area contributed by atoms with Crippen LogP contribution >= 0.6 is 0 Å². The maximum Gasteiger partial charge on any atom is 0.270 e. The van der Waals surface area contributed by atoms with Gasteiger partial charge in [0.15, 0.2) is 0 Å². The van der Waals surface area contributed by atoms with E-state index in [4.69, 9.17) is 11.6 Å². The van der Waals surface area contributed by atoms with Crippen LogP contribution in [-0.2, 0) is 7.05 Å². The molecule has 1 saturated heterocycles. The number of rotatable bonds is 2. The van der Waals surface area contributed by atoms with Gasteiger partial charge >= 0.3 is 0 Å². The van der Waals surface area contributed by atoms with Crippen LogP contribution in [0.5, 0.6) is 0 Å². The van der Waals surface area contributed by atoms with Gasteiger partial charge in [0.2, 0.25) is 5.52 Å². The van der Waals surface area contributed by atoms with Crippen molar-refractivity contribution in [3.63, 3.8) is 0 Å². The summed E-state index contributed by atoms with van der Waals surface area (Å²) in [6, 6.07) is 15.8. The Hall–Kier alpha value is -3.92. The Balaban J connectivity index is 1.57. The van der Waals surface area contributed by atoms with Crippen LogP contribution < -0.4 is 15.4 Å². The van der Waals surface area contributed by atoms with E-state index < -0.39 is 0 Å². The summed E-state index contributed by atoms with van der Waals surface area (Å²) in [7, 11) is 1.74. The average molecular weight is 425 g/mol. The molecule has 1 aliphatic heterocycles. The number of anilines is 2. The largest absolute Gasteiger partial charge is 0.361 e.